The summed E-state index contributed by atoms with van der Waals surface area (Å²) in [7, 11) is 0. The van der Waals surface area contributed by atoms with Crippen LogP contribution in [0.3, 0.4) is 0 Å². The molecule has 11 heteroatoms. The fraction of sp³-hybridized carbons (Fsp3) is 0. The van der Waals surface area contributed by atoms with Gasteiger partial charge in [0.25, 0.3) is 0 Å². The average molecular weight is 401 g/mol. The summed E-state index contributed by atoms with van der Waals surface area (Å²) in [5.74, 6) is -27.5. The van der Waals surface area contributed by atoms with E-state index in [0.717, 1.165) is 6.07 Å². The minimum Gasteiger partial charge on any atom is -0.205 e. The summed E-state index contributed by atoms with van der Waals surface area (Å²) in [6.45, 7) is 0. The third-order valence-electron chi connectivity index (χ3n) is 3.62. The van der Waals surface area contributed by atoms with Gasteiger partial charge in [-0.2, -0.15) is 0 Å². The molecule has 141 valence electrons. The highest BCUT2D eigenvalue weighted by atomic mass is 19.2. The van der Waals surface area contributed by atoms with Crippen LogP contribution >= 0.6 is 0 Å². The molecule has 0 atom stereocenters. The van der Waals surface area contributed by atoms with E-state index in [0.29, 0.717) is 0 Å². The minimum absolute atomic E-state index is 1.05. The lowest BCUT2D eigenvalue weighted by Crippen LogP contribution is -2.08. The number of hydrogen-bond donors (Lipinski definition) is 0. The number of halogens is 11. The molecule has 0 amide bonds. The molecule has 3 aromatic carbocycles. The Morgan fingerprint density at radius 3 is 1.30 bits per heavy atom. The van der Waals surface area contributed by atoms with Gasteiger partial charge in [0.15, 0.2) is 58.2 Å². The van der Waals surface area contributed by atoms with Gasteiger partial charge < -0.3 is 0 Å². The molecule has 0 N–H and O–H groups in total. The first-order valence-electron chi connectivity index (χ1n) is 6.58. The van der Waals surface area contributed by atoms with Crippen LogP contribution in [0.4, 0.5) is 48.3 Å². The molecular formula is C16F11. The van der Waals surface area contributed by atoms with Gasteiger partial charge in [-0.25, -0.2) is 48.3 Å². The Kier molecular flexibility index (Phi) is 4.28. The maximum absolute atomic E-state index is 14.5. The van der Waals surface area contributed by atoms with Crippen molar-refractivity contribution in [2.45, 2.75) is 0 Å². The topological polar surface area (TPSA) is 0 Å². The monoisotopic (exact) mass is 401 g/mol. The van der Waals surface area contributed by atoms with Crippen LogP contribution < -0.4 is 0 Å². The van der Waals surface area contributed by atoms with Gasteiger partial charge in [0, 0.05) is 11.6 Å². The van der Waals surface area contributed by atoms with Crippen LogP contribution in [-0.4, -0.2) is 0 Å². The number of hydrogen-bond acceptors (Lipinski definition) is 0. The van der Waals surface area contributed by atoms with Crippen molar-refractivity contribution in [1.29, 1.82) is 0 Å². The number of fused-ring (bicyclic) bond motifs is 1. The van der Waals surface area contributed by atoms with Crippen LogP contribution in [0.5, 0.6) is 0 Å². The molecule has 0 aliphatic carbocycles. The van der Waals surface area contributed by atoms with E-state index in [1.54, 1.807) is 0 Å². The van der Waals surface area contributed by atoms with Crippen molar-refractivity contribution in [3.63, 3.8) is 0 Å². The van der Waals surface area contributed by atoms with E-state index >= 15 is 0 Å². The highest BCUT2D eigenvalue weighted by Crippen LogP contribution is 2.39. The molecule has 0 bridgehead atoms. The van der Waals surface area contributed by atoms with E-state index in [-0.39, 0.29) is 0 Å². The fourth-order valence-electron chi connectivity index (χ4n) is 2.40. The van der Waals surface area contributed by atoms with Crippen LogP contribution in [0.1, 0.15) is 0 Å². The molecule has 0 aromatic heterocycles. The van der Waals surface area contributed by atoms with E-state index < -0.39 is 85.9 Å². The maximum Gasteiger partial charge on any atom is 0.198 e. The van der Waals surface area contributed by atoms with E-state index in [1.165, 1.54) is 0 Å². The molecule has 0 aliphatic rings. The molecule has 1 radical (unpaired) electrons. The number of benzene rings is 3. The SMILES string of the molecule is Fc1[c]c(-c2c(F)c(F)c3c(F)c(F)c(F)c(F)c3c2F)c(F)c(F)c1F. The van der Waals surface area contributed by atoms with Gasteiger partial charge >= 0.3 is 0 Å². The molecule has 0 aliphatic heterocycles. The summed E-state index contributed by atoms with van der Waals surface area (Å²) >= 11 is 0. The maximum atomic E-state index is 14.5. The molecule has 0 unspecified atom stereocenters. The van der Waals surface area contributed by atoms with E-state index in [4.69, 9.17) is 0 Å². The smallest absolute Gasteiger partial charge is 0.198 e. The lowest BCUT2D eigenvalue weighted by Gasteiger charge is -2.13. The Morgan fingerprint density at radius 2 is 0.778 bits per heavy atom. The second-order valence-electron chi connectivity index (χ2n) is 5.08. The Balaban J connectivity index is 2.59. The largest absolute Gasteiger partial charge is 0.205 e. The molecule has 0 spiro atoms. The molecule has 27 heavy (non-hydrogen) atoms. The van der Waals surface area contributed by atoms with Crippen molar-refractivity contribution >= 4 is 10.8 Å². The van der Waals surface area contributed by atoms with Crippen molar-refractivity contribution in [3.8, 4) is 11.1 Å². The molecule has 0 nitrogen and oxygen atoms in total. The molecule has 0 fully saturated rings. The Hall–Kier alpha value is -2.85. The van der Waals surface area contributed by atoms with Crippen molar-refractivity contribution < 1.29 is 48.3 Å². The molecule has 0 saturated heterocycles. The molecule has 0 saturated carbocycles. The molecular weight excluding hydrogens is 401 g/mol. The summed E-state index contributed by atoms with van der Waals surface area (Å²) in [6.07, 6.45) is 0. The van der Waals surface area contributed by atoms with Gasteiger partial charge in [0.2, 0.25) is 0 Å². The summed E-state index contributed by atoms with van der Waals surface area (Å²) < 4.78 is 150. The minimum atomic E-state index is -2.61. The first-order valence-corrected chi connectivity index (χ1v) is 6.58. The summed E-state index contributed by atoms with van der Waals surface area (Å²) in [5, 5.41) is -4.01. The van der Waals surface area contributed by atoms with Crippen LogP contribution in [0.2, 0.25) is 0 Å². The summed E-state index contributed by atoms with van der Waals surface area (Å²) in [6, 6.07) is 1.05. The quantitative estimate of drug-likeness (QED) is 0.273. The normalized spacial score (nSPS) is 11.5. The summed E-state index contributed by atoms with van der Waals surface area (Å²) in [4.78, 5) is 0. The molecule has 3 aromatic rings. The second kappa shape index (κ2) is 6.10. The van der Waals surface area contributed by atoms with E-state index in [9.17, 15) is 48.3 Å². The van der Waals surface area contributed by atoms with Crippen molar-refractivity contribution in [2.75, 3.05) is 0 Å². The zero-order valence-electron chi connectivity index (χ0n) is 12.2. The van der Waals surface area contributed by atoms with Crippen LogP contribution in [0.15, 0.2) is 0 Å². The predicted octanol–water partition coefficient (Wildman–Crippen LogP) is 5.84. The lowest BCUT2D eigenvalue weighted by molar-refractivity contribution is 0.407. The fourth-order valence-corrected chi connectivity index (χ4v) is 2.40. The first kappa shape index (κ1) is 18.9. The zero-order valence-corrected chi connectivity index (χ0v) is 12.2. The predicted molar refractivity (Wildman–Crippen MR) is 67.8 cm³/mol. The van der Waals surface area contributed by atoms with Gasteiger partial charge in [-0.05, 0) is 0 Å². The highest BCUT2D eigenvalue weighted by molar-refractivity contribution is 5.90. The highest BCUT2D eigenvalue weighted by Gasteiger charge is 2.33. The third kappa shape index (κ3) is 2.44. The second-order valence-corrected chi connectivity index (χ2v) is 5.08. The van der Waals surface area contributed by atoms with Crippen molar-refractivity contribution in [2.24, 2.45) is 0 Å². The van der Waals surface area contributed by atoms with Crippen molar-refractivity contribution in [1.82, 2.24) is 0 Å². The molecule has 3 rings (SSSR count). The van der Waals surface area contributed by atoms with Crippen molar-refractivity contribution in [3.05, 3.63) is 70.1 Å². The first-order chi connectivity index (χ1) is 12.5. The van der Waals surface area contributed by atoms with E-state index in [1.807, 2.05) is 0 Å². The van der Waals surface area contributed by atoms with Crippen LogP contribution in [-0.2, 0) is 0 Å². The Morgan fingerprint density at radius 1 is 0.370 bits per heavy atom. The zero-order chi connectivity index (χ0) is 20.4. The Labute approximate surface area is 141 Å². The third-order valence-corrected chi connectivity index (χ3v) is 3.62. The van der Waals surface area contributed by atoms with Gasteiger partial charge in [-0.1, -0.05) is 0 Å². The summed E-state index contributed by atoms with van der Waals surface area (Å²) in [5.41, 5.74) is -3.91. The van der Waals surface area contributed by atoms with Gasteiger partial charge in [0.1, 0.15) is 5.82 Å². The van der Waals surface area contributed by atoms with Gasteiger partial charge in [-0.15, -0.1) is 0 Å². The standard InChI is InChI=1S/C16F11/c17-3-1-2(7(18)14(25)8(3)19)4-9(20)5-6(11(22)10(4)21)13(24)16(27)15(26)12(5)23. The molecule has 0 heterocycles. The Bertz CT molecular complexity index is 1130. The van der Waals surface area contributed by atoms with Gasteiger partial charge in [-0.3, -0.25) is 0 Å². The number of rotatable bonds is 1. The van der Waals surface area contributed by atoms with Gasteiger partial charge in [0.05, 0.1) is 16.3 Å². The van der Waals surface area contributed by atoms with Crippen LogP contribution in [0, 0.1) is 70.1 Å². The van der Waals surface area contributed by atoms with E-state index in [2.05, 4.69) is 0 Å². The average Bonchev–Trinajstić information content (AvgIpc) is 2.63. The lowest BCUT2D eigenvalue weighted by atomic mass is 9.97. The van der Waals surface area contributed by atoms with Crippen LogP contribution in [0.25, 0.3) is 21.9 Å².